The van der Waals surface area contributed by atoms with E-state index in [0.29, 0.717) is 0 Å². The molecule has 0 amide bonds. The lowest BCUT2D eigenvalue weighted by Crippen LogP contribution is -2.28. The van der Waals surface area contributed by atoms with Gasteiger partial charge in [-0.25, -0.2) is 4.79 Å². The molecule has 0 spiro atoms. The normalized spacial score (nSPS) is 11.5. The number of benzene rings is 2. The standard InChI is InChI=1S/C16H13Cl2NO6/c1-9(24-14-5-3-4-11(17)15(14)18)16(20)25-13-7-6-10(23-2)8-12(13)19(21)22/h3-9H,1-2H3. The zero-order valence-corrected chi connectivity index (χ0v) is 14.7. The summed E-state index contributed by atoms with van der Waals surface area (Å²) in [6.45, 7) is 1.43. The predicted octanol–water partition coefficient (Wildman–Crippen LogP) is 4.28. The summed E-state index contributed by atoms with van der Waals surface area (Å²) in [6, 6.07) is 8.58. The quantitative estimate of drug-likeness (QED) is 0.319. The van der Waals surface area contributed by atoms with Gasteiger partial charge >= 0.3 is 11.7 Å². The number of methoxy groups -OCH3 is 1. The van der Waals surface area contributed by atoms with E-state index in [1.165, 1.54) is 32.2 Å². The number of esters is 1. The highest BCUT2D eigenvalue weighted by Gasteiger charge is 2.24. The van der Waals surface area contributed by atoms with Crippen LogP contribution in [0.5, 0.6) is 17.2 Å². The monoisotopic (exact) mass is 385 g/mol. The van der Waals surface area contributed by atoms with Crippen LogP contribution in [0.3, 0.4) is 0 Å². The molecule has 7 nitrogen and oxygen atoms in total. The summed E-state index contributed by atoms with van der Waals surface area (Å²) in [5, 5.41) is 11.5. The first-order chi connectivity index (χ1) is 11.8. The zero-order chi connectivity index (χ0) is 18.6. The zero-order valence-electron chi connectivity index (χ0n) is 13.2. The van der Waals surface area contributed by atoms with Gasteiger partial charge in [-0.1, -0.05) is 29.3 Å². The van der Waals surface area contributed by atoms with Crippen molar-refractivity contribution in [2.75, 3.05) is 7.11 Å². The second-order valence-corrected chi connectivity index (χ2v) is 5.61. The number of nitrogens with zero attached hydrogens (tertiary/aromatic N) is 1. The molecule has 0 heterocycles. The molecule has 1 unspecified atom stereocenters. The number of rotatable bonds is 6. The molecule has 2 aromatic carbocycles. The summed E-state index contributed by atoms with van der Waals surface area (Å²) in [7, 11) is 1.37. The van der Waals surface area contributed by atoms with Crippen LogP contribution in [0, 0.1) is 10.1 Å². The molecule has 0 saturated heterocycles. The van der Waals surface area contributed by atoms with Crippen molar-refractivity contribution in [3.05, 3.63) is 56.6 Å². The van der Waals surface area contributed by atoms with Crippen molar-refractivity contribution >= 4 is 34.9 Å². The van der Waals surface area contributed by atoms with Crippen LogP contribution >= 0.6 is 23.2 Å². The van der Waals surface area contributed by atoms with Crippen LogP contribution in [0.2, 0.25) is 10.0 Å². The molecular weight excluding hydrogens is 373 g/mol. The third-order valence-corrected chi connectivity index (χ3v) is 3.93. The number of carbonyl (C=O) groups is 1. The molecule has 0 radical (unpaired) electrons. The largest absolute Gasteiger partial charge is 0.496 e. The Morgan fingerprint density at radius 3 is 2.56 bits per heavy atom. The van der Waals surface area contributed by atoms with Crippen LogP contribution < -0.4 is 14.2 Å². The van der Waals surface area contributed by atoms with E-state index in [-0.39, 0.29) is 27.3 Å². The van der Waals surface area contributed by atoms with Crippen LogP contribution in [0.15, 0.2) is 36.4 Å². The number of nitro groups is 1. The second-order valence-electron chi connectivity index (χ2n) is 4.82. The van der Waals surface area contributed by atoms with Gasteiger partial charge in [-0.3, -0.25) is 10.1 Å². The Kier molecular flexibility index (Phi) is 6.06. The maximum atomic E-state index is 12.2. The van der Waals surface area contributed by atoms with Gasteiger partial charge in [-0.05, 0) is 31.2 Å². The molecule has 1 atom stereocenters. The molecule has 0 aliphatic heterocycles. The molecule has 132 valence electrons. The summed E-state index contributed by atoms with van der Waals surface area (Å²) in [5.41, 5.74) is -0.402. The van der Waals surface area contributed by atoms with Gasteiger partial charge in [-0.2, -0.15) is 0 Å². The Morgan fingerprint density at radius 1 is 1.20 bits per heavy atom. The first-order valence-electron chi connectivity index (χ1n) is 6.98. The fourth-order valence-corrected chi connectivity index (χ4v) is 2.19. The lowest BCUT2D eigenvalue weighted by molar-refractivity contribution is -0.385. The van der Waals surface area contributed by atoms with E-state index in [9.17, 15) is 14.9 Å². The molecule has 0 N–H and O–H groups in total. The van der Waals surface area contributed by atoms with E-state index >= 15 is 0 Å². The third kappa shape index (κ3) is 4.52. The van der Waals surface area contributed by atoms with Gasteiger partial charge in [0.05, 0.1) is 23.1 Å². The van der Waals surface area contributed by atoms with E-state index in [1.807, 2.05) is 0 Å². The maximum Gasteiger partial charge on any atom is 0.352 e. The minimum Gasteiger partial charge on any atom is -0.496 e. The highest BCUT2D eigenvalue weighted by atomic mass is 35.5. The maximum absolute atomic E-state index is 12.2. The number of nitro benzene ring substituents is 1. The fraction of sp³-hybridized carbons (Fsp3) is 0.188. The SMILES string of the molecule is COc1ccc(OC(=O)C(C)Oc2cccc(Cl)c2Cl)c([N+](=O)[O-])c1. The Labute approximate surface area is 153 Å². The Hall–Kier alpha value is -2.51. The Morgan fingerprint density at radius 2 is 1.92 bits per heavy atom. The Balaban J connectivity index is 2.16. The number of hydrogen-bond acceptors (Lipinski definition) is 6. The fourth-order valence-electron chi connectivity index (χ4n) is 1.86. The number of ether oxygens (including phenoxy) is 3. The summed E-state index contributed by atoms with van der Waals surface area (Å²) < 4.78 is 15.4. The average Bonchev–Trinajstić information content (AvgIpc) is 2.59. The summed E-state index contributed by atoms with van der Waals surface area (Å²) in [6.07, 6.45) is -1.07. The number of hydrogen-bond donors (Lipinski definition) is 0. The molecule has 9 heteroatoms. The first-order valence-corrected chi connectivity index (χ1v) is 7.74. The Bertz CT molecular complexity index is 811. The molecule has 2 rings (SSSR count). The van der Waals surface area contributed by atoms with E-state index in [0.717, 1.165) is 6.07 Å². The average molecular weight is 386 g/mol. The van der Waals surface area contributed by atoms with Gasteiger partial charge in [0.1, 0.15) is 16.5 Å². The molecule has 0 aliphatic carbocycles. The topological polar surface area (TPSA) is 87.9 Å². The summed E-state index contributed by atoms with van der Waals surface area (Å²) in [4.78, 5) is 22.6. The molecule has 0 saturated carbocycles. The van der Waals surface area contributed by atoms with Crippen molar-refractivity contribution in [2.24, 2.45) is 0 Å². The van der Waals surface area contributed by atoms with Crippen LogP contribution in [0.25, 0.3) is 0 Å². The van der Waals surface area contributed by atoms with Crippen LogP contribution in [-0.4, -0.2) is 24.1 Å². The van der Waals surface area contributed by atoms with Gasteiger partial charge in [0.25, 0.3) is 0 Å². The molecule has 0 aliphatic rings. The van der Waals surface area contributed by atoms with Crippen molar-refractivity contribution in [2.45, 2.75) is 13.0 Å². The lowest BCUT2D eigenvalue weighted by Gasteiger charge is -2.15. The highest BCUT2D eigenvalue weighted by molar-refractivity contribution is 6.42. The van der Waals surface area contributed by atoms with Gasteiger partial charge in [-0.15, -0.1) is 0 Å². The molecule has 2 aromatic rings. The van der Waals surface area contributed by atoms with E-state index in [2.05, 4.69) is 0 Å². The van der Waals surface area contributed by atoms with Crippen LogP contribution in [-0.2, 0) is 4.79 Å². The minimum atomic E-state index is -1.07. The lowest BCUT2D eigenvalue weighted by atomic mass is 10.2. The molecule has 0 bridgehead atoms. The predicted molar refractivity (Wildman–Crippen MR) is 91.8 cm³/mol. The summed E-state index contributed by atoms with van der Waals surface area (Å²) >= 11 is 11.9. The van der Waals surface area contributed by atoms with E-state index < -0.39 is 22.7 Å². The molecule has 0 aromatic heterocycles. The third-order valence-electron chi connectivity index (χ3n) is 3.13. The smallest absolute Gasteiger partial charge is 0.352 e. The van der Waals surface area contributed by atoms with Crippen molar-refractivity contribution < 1.29 is 23.9 Å². The van der Waals surface area contributed by atoms with Crippen molar-refractivity contribution in [1.29, 1.82) is 0 Å². The highest BCUT2D eigenvalue weighted by Crippen LogP contribution is 2.33. The van der Waals surface area contributed by atoms with Crippen molar-refractivity contribution in [3.8, 4) is 17.2 Å². The van der Waals surface area contributed by atoms with Gasteiger partial charge in [0, 0.05) is 0 Å². The second kappa shape index (κ2) is 8.04. The van der Waals surface area contributed by atoms with Crippen LogP contribution in [0.1, 0.15) is 6.92 Å². The van der Waals surface area contributed by atoms with Crippen LogP contribution in [0.4, 0.5) is 5.69 Å². The van der Waals surface area contributed by atoms with Gasteiger partial charge < -0.3 is 14.2 Å². The van der Waals surface area contributed by atoms with Gasteiger partial charge in [0.15, 0.2) is 6.10 Å². The van der Waals surface area contributed by atoms with Gasteiger partial charge in [0.2, 0.25) is 5.75 Å². The van der Waals surface area contributed by atoms with E-state index in [1.54, 1.807) is 12.1 Å². The minimum absolute atomic E-state index is 0.152. The molecule has 0 fully saturated rings. The molecular formula is C16H13Cl2NO6. The summed E-state index contributed by atoms with van der Waals surface area (Å²) in [5.74, 6) is -0.586. The number of halogens is 2. The number of carbonyl (C=O) groups excluding carboxylic acids is 1. The first kappa shape index (κ1) is 18.8. The van der Waals surface area contributed by atoms with Crippen molar-refractivity contribution in [1.82, 2.24) is 0 Å². The van der Waals surface area contributed by atoms with Crippen molar-refractivity contribution in [3.63, 3.8) is 0 Å². The van der Waals surface area contributed by atoms with E-state index in [4.69, 9.17) is 37.4 Å². The molecule has 25 heavy (non-hydrogen) atoms.